The van der Waals surface area contributed by atoms with Gasteiger partial charge in [-0.15, -0.1) is 0 Å². The van der Waals surface area contributed by atoms with Crippen LogP contribution in [0.15, 0.2) is 24.3 Å². The van der Waals surface area contributed by atoms with Crippen LogP contribution >= 0.6 is 0 Å². The molecule has 2 fully saturated rings. The zero-order chi connectivity index (χ0) is 17.6. The molecule has 0 unspecified atom stereocenters. The Morgan fingerprint density at radius 1 is 1.24 bits per heavy atom. The number of hydrogen-bond donors (Lipinski definition) is 2. The molecule has 1 aliphatic heterocycles. The first-order valence-corrected chi connectivity index (χ1v) is 9.08. The van der Waals surface area contributed by atoms with Gasteiger partial charge in [0.25, 0.3) is 5.91 Å². The normalized spacial score (nSPS) is 19.2. The molecule has 1 saturated carbocycles. The standard InChI is InChI=1S/C19H26N2O4/c1-14(16-6-7-16)20-18(22)13-25-19(23)17-4-2-15(3-5-17)12-21-8-10-24-11-9-21/h2-5,14,16H,6-13H2,1H3,(H,20,22)/p+1/t14-/m0/s1. The number of hydrogen-bond acceptors (Lipinski definition) is 4. The third-order valence-corrected chi connectivity index (χ3v) is 4.90. The SMILES string of the molecule is C[C@H](NC(=O)COC(=O)c1ccc(C[NH+]2CCOCC2)cc1)C1CC1. The Kier molecular flexibility index (Phi) is 6.04. The van der Waals surface area contributed by atoms with E-state index in [1.165, 1.54) is 23.3 Å². The molecule has 1 atom stereocenters. The van der Waals surface area contributed by atoms with Gasteiger partial charge in [-0.25, -0.2) is 4.79 Å². The lowest BCUT2D eigenvalue weighted by Crippen LogP contribution is -3.12. The fourth-order valence-corrected chi connectivity index (χ4v) is 3.11. The lowest BCUT2D eigenvalue weighted by molar-refractivity contribution is -0.921. The summed E-state index contributed by atoms with van der Waals surface area (Å²) in [5.74, 6) is -0.111. The minimum atomic E-state index is -0.459. The zero-order valence-electron chi connectivity index (χ0n) is 14.8. The van der Waals surface area contributed by atoms with Crippen molar-refractivity contribution in [2.24, 2.45) is 5.92 Å². The van der Waals surface area contributed by atoms with E-state index < -0.39 is 5.97 Å². The summed E-state index contributed by atoms with van der Waals surface area (Å²) in [5, 5.41) is 2.87. The van der Waals surface area contributed by atoms with E-state index in [4.69, 9.17) is 9.47 Å². The minimum Gasteiger partial charge on any atom is -0.452 e. The van der Waals surface area contributed by atoms with Crippen molar-refractivity contribution < 1.29 is 24.0 Å². The molecule has 1 aromatic rings. The number of amides is 1. The predicted octanol–water partition coefficient (Wildman–Crippen LogP) is 0.173. The van der Waals surface area contributed by atoms with E-state index in [9.17, 15) is 9.59 Å². The number of esters is 1. The first-order chi connectivity index (χ1) is 12.1. The number of ether oxygens (including phenoxy) is 2. The molecular formula is C19H27N2O4+. The maximum atomic E-state index is 12.1. The smallest absolute Gasteiger partial charge is 0.338 e. The largest absolute Gasteiger partial charge is 0.452 e. The highest BCUT2D eigenvalue weighted by atomic mass is 16.5. The van der Waals surface area contributed by atoms with Gasteiger partial charge in [-0.2, -0.15) is 0 Å². The molecule has 0 radical (unpaired) electrons. The van der Waals surface area contributed by atoms with Crippen LogP contribution in [-0.4, -0.2) is 50.8 Å². The summed E-state index contributed by atoms with van der Waals surface area (Å²) < 4.78 is 10.5. The van der Waals surface area contributed by atoms with Gasteiger partial charge in [-0.05, 0) is 37.8 Å². The predicted molar refractivity (Wildman–Crippen MR) is 92.3 cm³/mol. The van der Waals surface area contributed by atoms with Gasteiger partial charge < -0.3 is 19.7 Å². The van der Waals surface area contributed by atoms with Crippen LogP contribution in [0.3, 0.4) is 0 Å². The molecule has 1 amide bonds. The molecule has 2 N–H and O–H groups in total. The Morgan fingerprint density at radius 2 is 1.92 bits per heavy atom. The van der Waals surface area contributed by atoms with Crippen LogP contribution < -0.4 is 10.2 Å². The van der Waals surface area contributed by atoms with E-state index in [0.29, 0.717) is 11.5 Å². The number of nitrogens with one attached hydrogen (secondary N) is 2. The highest BCUT2D eigenvalue weighted by Crippen LogP contribution is 2.32. The summed E-state index contributed by atoms with van der Waals surface area (Å²) in [4.78, 5) is 25.3. The molecule has 6 heteroatoms. The Hall–Kier alpha value is -1.92. The van der Waals surface area contributed by atoms with Gasteiger partial charge in [0, 0.05) is 11.6 Å². The summed E-state index contributed by atoms with van der Waals surface area (Å²) in [7, 11) is 0. The molecule has 1 saturated heterocycles. The van der Waals surface area contributed by atoms with Crippen molar-refractivity contribution >= 4 is 11.9 Å². The molecule has 3 rings (SSSR count). The molecule has 136 valence electrons. The average Bonchev–Trinajstić information content (AvgIpc) is 3.46. The number of carbonyl (C=O) groups excluding carboxylic acids is 2. The number of benzene rings is 1. The van der Waals surface area contributed by atoms with E-state index in [-0.39, 0.29) is 18.6 Å². The molecule has 1 aromatic carbocycles. The van der Waals surface area contributed by atoms with Gasteiger partial charge in [0.1, 0.15) is 19.6 Å². The topological polar surface area (TPSA) is 69.1 Å². The Morgan fingerprint density at radius 3 is 2.56 bits per heavy atom. The van der Waals surface area contributed by atoms with Crippen molar-refractivity contribution in [3.05, 3.63) is 35.4 Å². The number of rotatable bonds is 7. The highest BCUT2D eigenvalue weighted by molar-refractivity contribution is 5.91. The fraction of sp³-hybridized carbons (Fsp3) is 0.579. The molecule has 2 aliphatic rings. The second-order valence-electron chi connectivity index (χ2n) is 7.01. The Bertz CT molecular complexity index is 592. The van der Waals surface area contributed by atoms with E-state index >= 15 is 0 Å². The van der Waals surface area contributed by atoms with Crippen molar-refractivity contribution in [2.45, 2.75) is 32.4 Å². The van der Waals surface area contributed by atoms with Gasteiger partial charge >= 0.3 is 5.97 Å². The van der Waals surface area contributed by atoms with Crippen molar-refractivity contribution in [3.8, 4) is 0 Å². The molecule has 6 nitrogen and oxygen atoms in total. The number of carbonyl (C=O) groups is 2. The van der Waals surface area contributed by atoms with Crippen LogP contribution in [0, 0.1) is 5.92 Å². The summed E-state index contributed by atoms with van der Waals surface area (Å²) >= 11 is 0. The molecule has 0 bridgehead atoms. The number of quaternary nitrogens is 1. The van der Waals surface area contributed by atoms with Crippen molar-refractivity contribution in [1.29, 1.82) is 0 Å². The quantitative estimate of drug-likeness (QED) is 0.690. The molecule has 1 aliphatic carbocycles. The van der Waals surface area contributed by atoms with Gasteiger partial charge in [0.05, 0.1) is 18.8 Å². The molecule has 0 aromatic heterocycles. The second kappa shape index (κ2) is 8.45. The van der Waals surface area contributed by atoms with Crippen LogP contribution in [0.25, 0.3) is 0 Å². The van der Waals surface area contributed by atoms with Gasteiger partial charge in [-0.1, -0.05) is 12.1 Å². The van der Waals surface area contributed by atoms with Crippen LogP contribution in [-0.2, 0) is 20.8 Å². The summed E-state index contributed by atoms with van der Waals surface area (Å²) in [6, 6.07) is 7.60. The first kappa shape index (κ1) is 17.9. The Labute approximate surface area is 148 Å². The minimum absolute atomic E-state index is 0.160. The molecule has 1 heterocycles. The van der Waals surface area contributed by atoms with E-state index in [1.807, 2.05) is 19.1 Å². The van der Waals surface area contributed by atoms with Crippen molar-refractivity contribution in [1.82, 2.24) is 5.32 Å². The third-order valence-electron chi connectivity index (χ3n) is 4.90. The third kappa shape index (κ3) is 5.54. The van der Waals surface area contributed by atoms with E-state index in [0.717, 1.165) is 32.8 Å². The number of morpholine rings is 1. The molecule has 25 heavy (non-hydrogen) atoms. The summed E-state index contributed by atoms with van der Waals surface area (Å²) in [5.41, 5.74) is 1.66. The summed E-state index contributed by atoms with van der Waals surface area (Å²) in [6.07, 6.45) is 2.33. The first-order valence-electron chi connectivity index (χ1n) is 9.08. The van der Waals surface area contributed by atoms with Crippen LogP contribution in [0.5, 0.6) is 0 Å². The highest BCUT2D eigenvalue weighted by Gasteiger charge is 2.29. The monoisotopic (exact) mass is 347 g/mol. The maximum Gasteiger partial charge on any atom is 0.338 e. The maximum absolute atomic E-state index is 12.1. The lowest BCUT2D eigenvalue weighted by Gasteiger charge is -2.23. The zero-order valence-corrected chi connectivity index (χ0v) is 14.8. The summed E-state index contributed by atoms with van der Waals surface area (Å²) in [6.45, 7) is 6.33. The van der Waals surface area contributed by atoms with Crippen LogP contribution in [0.2, 0.25) is 0 Å². The van der Waals surface area contributed by atoms with Crippen LogP contribution in [0.4, 0.5) is 0 Å². The van der Waals surface area contributed by atoms with Crippen molar-refractivity contribution in [2.75, 3.05) is 32.9 Å². The Balaban J connectivity index is 1.42. The van der Waals surface area contributed by atoms with Gasteiger partial charge in [0.2, 0.25) is 0 Å². The van der Waals surface area contributed by atoms with Crippen molar-refractivity contribution in [3.63, 3.8) is 0 Å². The lowest BCUT2D eigenvalue weighted by atomic mass is 10.1. The average molecular weight is 347 g/mol. The molecule has 0 spiro atoms. The second-order valence-corrected chi connectivity index (χ2v) is 7.01. The van der Waals surface area contributed by atoms with E-state index in [2.05, 4.69) is 5.32 Å². The molecular weight excluding hydrogens is 320 g/mol. The van der Waals surface area contributed by atoms with Gasteiger partial charge in [0.15, 0.2) is 6.61 Å². The van der Waals surface area contributed by atoms with E-state index in [1.54, 1.807) is 12.1 Å². The van der Waals surface area contributed by atoms with Crippen LogP contribution in [0.1, 0.15) is 35.7 Å². The fourth-order valence-electron chi connectivity index (χ4n) is 3.11. The van der Waals surface area contributed by atoms with Gasteiger partial charge in [-0.3, -0.25) is 4.79 Å².